The van der Waals surface area contributed by atoms with Crippen molar-refractivity contribution in [1.82, 2.24) is 9.55 Å². The molecule has 4 heteroatoms. The highest BCUT2D eigenvalue weighted by Crippen LogP contribution is 2.27. The molecule has 1 heterocycles. The van der Waals surface area contributed by atoms with Crippen molar-refractivity contribution in [2.75, 3.05) is 0 Å². The molecule has 2 rings (SSSR count). The molecule has 1 aromatic heterocycles. The molecule has 1 atom stereocenters. The lowest BCUT2D eigenvalue weighted by atomic mass is 10.2. The highest BCUT2D eigenvalue weighted by atomic mass is 79.9. The summed E-state index contributed by atoms with van der Waals surface area (Å²) in [4.78, 5) is 4.55. The first kappa shape index (κ1) is 11.4. The number of imidazole rings is 1. The molecule has 16 heavy (non-hydrogen) atoms. The number of halogens is 1. The fourth-order valence-electron chi connectivity index (χ4n) is 1.70. The zero-order chi connectivity index (χ0) is 11.7. The van der Waals surface area contributed by atoms with E-state index in [0.717, 1.165) is 21.6 Å². The van der Waals surface area contributed by atoms with Crippen molar-refractivity contribution in [3.63, 3.8) is 0 Å². The van der Waals surface area contributed by atoms with Crippen molar-refractivity contribution in [1.29, 1.82) is 0 Å². The van der Waals surface area contributed by atoms with Crippen molar-refractivity contribution < 1.29 is 0 Å². The van der Waals surface area contributed by atoms with E-state index in [1.807, 2.05) is 49.0 Å². The van der Waals surface area contributed by atoms with Crippen LogP contribution in [0, 0.1) is 0 Å². The Morgan fingerprint density at radius 2 is 2.06 bits per heavy atom. The first-order chi connectivity index (χ1) is 7.59. The Bertz CT molecular complexity index is 503. The van der Waals surface area contributed by atoms with Crippen LogP contribution in [-0.2, 0) is 7.05 Å². The lowest BCUT2D eigenvalue weighted by Crippen LogP contribution is -2.10. The van der Waals surface area contributed by atoms with E-state index in [0.29, 0.717) is 0 Å². The molecule has 2 aromatic rings. The van der Waals surface area contributed by atoms with Gasteiger partial charge in [0.05, 0.1) is 11.7 Å². The number of hydrogen-bond acceptors (Lipinski definition) is 2. The molecule has 0 saturated carbocycles. The maximum atomic E-state index is 5.85. The highest BCUT2D eigenvalue weighted by Gasteiger charge is 2.11. The highest BCUT2D eigenvalue weighted by molar-refractivity contribution is 9.10. The maximum absolute atomic E-state index is 5.85. The van der Waals surface area contributed by atoms with E-state index in [1.165, 1.54) is 0 Å². The summed E-state index contributed by atoms with van der Waals surface area (Å²) in [5.41, 5.74) is 7.88. The molecule has 0 amide bonds. The van der Waals surface area contributed by atoms with Crippen LogP contribution in [0.5, 0.6) is 0 Å². The van der Waals surface area contributed by atoms with E-state index in [9.17, 15) is 0 Å². The predicted molar refractivity (Wildman–Crippen MR) is 68.9 cm³/mol. The van der Waals surface area contributed by atoms with Gasteiger partial charge in [-0.25, -0.2) is 4.98 Å². The first-order valence-electron chi connectivity index (χ1n) is 5.13. The molecular weight excluding hydrogens is 266 g/mol. The van der Waals surface area contributed by atoms with Gasteiger partial charge >= 0.3 is 0 Å². The summed E-state index contributed by atoms with van der Waals surface area (Å²) in [7, 11) is 1.96. The van der Waals surface area contributed by atoms with E-state index in [2.05, 4.69) is 20.9 Å². The molecule has 84 valence electrons. The zero-order valence-electron chi connectivity index (χ0n) is 9.31. The van der Waals surface area contributed by atoms with Gasteiger partial charge < -0.3 is 10.3 Å². The number of aryl methyl sites for hydroxylation is 1. The van der Waals surface area contributed by atoms with E-state index in [1.54, 1.807) is 0 Å². The summed E-state index contributed by atoms with van der Waals surface area (Å²) >= 11 is 3.52. The second-order valence-corrected chi connectivity index (χ2v) is 4.72. The summed E-state index contributed by atoms with van der Waals surface area (Å²) in [5.74, 6) is 0.894. The fraction of sp³-hybridized carbons (Fsp3) is 0.250. The van der Waals surface area contributed by atoms with Crippen LogP contribution in [0.4, 0.5) is 0 Å². The third-order valence-electron chi connectivity index (χ3n) is 2.47. The minimum atomic E-state index is -0.0544. The Labute approximate surface area is 103 Å². The molecule has 0 bridgehead atoms. The van der Waals surface area contributed by atoms with Crippen molar-refractivity contribution in [3.05, 3.63) is 40.8 Å². The van der Waals surface area contributed by atoms with Gasteiger partial charge in [0.1, 0.15) is 5.82 Å². The molecular formula is C12H14BrN3. The first-order valence-corrected chi connectivity index (χ1v) is 5.92. The molecule has 0 aliphatic heterocycles. The summed E-state index contributed by atoms with van der Waals surface area (Å²) in [5, 5.41) is 0. The summed E-state index contributed by atoms with van der Waals surface area (Å²) in [6.45, 7) is 1.94. The second-order valence-electron chi connectivity index (χ2n) is 3.86. The molecule has 3 nitrogen and oxygen atoms in total. The SMILES string of the molecule is CC(N)c1nc(-c2ccccc2Br)cn1C. The number of nitrogens with zero attached hydrogens (tertiary/aromatic N) is 2. The van der Waals surface area contributed by atoms with Crippen LogP contribution in [0.2, 0.25) is 0 Å². The maximum Gasteiger partial charge on any atom is 0.125 e. The lowest BCUT2D eigenvalue weighted by Gasteiger charge is -2.03. The van der Waals surface area contributed by atoms with Crippen LogP contribution in [0.25, 0.3) is 11.3 Å². The topological polar surface area (TPSA) is 43.8 Å². The summed E-state index contributed by atoms with van der Waals surface area (Å²) in [6, 6.07) is 7.98. The average molecular weight is 280 g/mol. The molecule has 0 radical (unpaired) electrons. The van der Waals surface area contributed by atoms with Gasteiger partial charge in [0.2, 0.25) is 0 Å². The van der Waals surface area contributed by atoms with E-state index in [-0.39, 0.29) is 6.04 Å². The monoisotopic (exact) mass is 279 g/mol. The van der Waals surface area contributed by atoms with Crippen molar-refractivity contribution in [3.8, 4) is 11.3 Å². The predicted octanol–water partition coefficient (Wildman–Crippen LogP) is 2.87. The van der Waals surface area contributed by atoms with Crippen LogP contribution in [0.1, 0.15) is 18.8 Å². The van der Waals surface area contributed by atoms with Gasteiger partial charge in [-0.05, 0) is 13.0 Å². The molecule has 0 spiro atoms. The molecule has 1 aromatic carbocycles. The Kier molecular flexibility index (Phi) is 3.12. The quantitative estimate of drug-likeness (QED) is 0.919. The molecule has 0 aliphatic rings. The van der Waals surface area contributed by atoms with E-state index < -0.39 is 0 Å². The smallest absolute Gasteiger partial charge is 0.125 e. The van der Waals surface area contributed by atoms with E-state index >= 15 is 0 Å². The summed E-state index contributed by atoms with van der Waals surface area (Å²) in [6.07, 6.45) is 2.00. The Hall–Kier alpha value is -1.13. The van der Waals surface area contributed by atoms with Crippen molar-refractivity contribution >= 4 is 15.9 Å². The molecule has 0 aliphatic carbocycles. The standard InChI is InChI=1S/C12H14BrN3/c1-8(14)12-15-11(7-16(12)2)9-5-3-4-6-10(9)13/h3-8H,14H2,1-2H3. The largest absolute Gasteiger partial charge is 0.336 e. The molecule has 0 fully saturated rings. The van der Waals surface area contributed by atoms with Crippen LogP contribution >= 0.6 is 15.9 Å². The second kappa shape index (κ2) is 4.39. The third-order valence-corrected chi connectivity index (χ3v) is 3.16. The van der Waals surface area contributed by atoms with Gasteiger partial charge in [0.25, 0.3) is 0 Å². The number of rotatable bonds is 2. The molecule has 0 saturated heterocycles. The van der Waals surface area contributed by atoms with Gasteiger partial charge in [-0.3, -0.25) is 0 Å². The third kappa shape index (κ3) is 2.03. The van der Waals surface area contributed by atoms with Gasteiger partial charge in [-0.1, -0.05) is 34.1 Å². The minimum Gasteiger partial charge on any atom is -0.336 e. The van der Waals surface area contributed by atoms with Crippen LogP contribution in [0.3, 0.4) is 0 Å². The Morgan fingerprint density at radius 3 is 2.62 bits per heavy atom. The number of benzene rings is 1. The number of hydrogen-bond donors (Lipinski definition) is 1. The van der Waals surface area contributed by atoms with Crippen molar-refractivity contribution in [2.45, 2.75) is 13.0 Å². The molecule has 1 unspecified atom stereocenters. The minimum absolute atomic E-state index is 0.0544. The average Bonchev–Trinajstić information content (AvgIpc) is 2.61. The lowest BCUT2D eigenvalue weighted by molar-refractivity contribution is 0.686. The van der Waals surface area contributed by atoms with Crippen LogP contribution < -0.4 is 5.73 Å². The van der Waals surface area contributed by atoms with Gasteiger partial charge in [-0.2, -0.15) is 0 Å². The number of nitrogens with two attached hydrogens (primary N) is 1. The van der Waals surface area contributed by atoms with Gasteiger partial charge in [0.15, 0.2) is 0 Å². The van der Waals surface area contributed by atoms with Crippen molar-refractivity contribution in [2.24, 2.45) is 12.8 Å². The fourth-order valence-corrected chi connectivity index (χ4v) is 2.19. The van der Waals surface area contributed by atoms with Gasteiger partial charge in [-0.15, -0.1) is 0 Å². The van der Waals surface area contributed by atoms with Gasteiger partial charge in [0, 0.05) is 23.3 Å². The molecule has 2 N–H and O–H groups in total. The Morgan fingerprint density at radius 1 is 1.38 bits per heavy atom. The Balaban J connectivity index is 2.50. The van der Waals surface area contributed by atoms with Crippen LogP contribution in [-0.4, -0.2) is 9.55 Å². The van der Waals surface area contributed by atoms with E-state index in [4.69, 9.17) is 5.73 Å². The zero-order valence-corrected chi connectivity index (χ0v) is 10.9. The number of aromatic nitrogens is 2. The summed E-state index contributed by atoms with van der Waals surface area (Å²) < 4.78 is 3.02. The van der Waals surface area contributed by atoms with Crippen LogP contribution in [0.15, 0.2) is 34.9 Å². The normalized spacial score (nSPS) is 12.8.